The molecule has 3 rings (SSSR count). The molecule has 1 N–H and O–H groups in total. The maximum absolute atomic E-state index is 12.6. The van der Waals surface area contributed by atoms with Crippen molar-refractivity contribution in [1.82, 2.24) is 9.97 Å². The van der Waals surface area contributed by atoms with Gasteiger partial charge in [0.25, 0.3) is 5.91 Å². The lowest BCUT2D eigenvalue weighted by Crippen LogP contribution is -2.34. The molecule has 2 aromatic rings. The molecule has 1 fully saturated rings. The minimum Gasteiger partial charge on any atom is -0.495 e. The Morgan fingerprint density at radius 2 is 2.04 bits per heavy atom. The maximum atomic E-state index is 12.6. The highest BCUT2D eigenvalue weighted by atomic mass is 16.5. The molecule has 0 aliphatic carbocycles. The summed E-state index contributed by atoms with van der Waals surface area (Å²) in [5.41, 5.74) is 2.04. The highest BCUT2D eigenvalue weighted by molar-refractivity contribution is 6.03. The molecule has 0 spiro atoms. The average molecular weight is 340 g/mol. The summed E-state index contributed by atoms with van der Waals surface area (Å²) in [7, 11) is 1.58. The Balaban J connectivity index is 1.77. The first-order chi connectivity index (χ1) is 12.1. The molecule has 0 bridgehead atoms. The summed E-state index contributed by atoms with van der Waals surface area (Å²) in [6.07, 6.45) is 3.89. The van der Waals surface area contributed by atoms with Crippen molar-refractivity contribution in [3.8, 4) is 5.75 Å². The Labute approximate surface area is 148 Å². The molecule has 0 atom stereocenters. The highest BCUT2D eigenvalue weighted by Crippen LogP contribution is 2.26. The van der Waals surface area contributed by atoms with Crippen LogP contribution in [-0.2, 0) is 0 Å². The summed E-state index contributed by atoms with van der Waals surface area (Å²) in [4.78, 5) is 23.5. The van der Waals surface area contributed by atoms with Crippen molar-refractivity contribution in [3.63, 3.8) is 0 Å². The summed E-state index contributed by atoms with van der Waals surface area (Å²) < 4.78 is 5.31. The van der Waals surface area contributed by atoms with E-state index < -0.39 is 0 Å². The van der Waals surface area contributed by atoms with Crippen molar-refractivity contribution in [2.75, 3.05) is 30.4 Å². The van der Waals surface area contributed by atoms with Gasteiger partial charge in [-0.25, -0.2) is 9.97 Å². The van der Waals surface area contributed by atoms with Crippen molar-refractivity contribution in [2.24, 2.45) is 5.92 Å². The van der Waals surface area contributed by atoms with E-state index in [1.165, 1.54) is 0 Å². The largest absolute Gasteiger partial charge is 0.495 e. The SMILES string of the molecule is COc1ccc(C)cc1NC(=O)c1ccnc(N2CCC(C)CC2)n1. The summed E-state index contributed by atoms with van der Waals surface area (Å²) in [6.45, 7) is 6.09. The number of hydrogen-bond donors (Lipinski definition) is 1. The van der Waals surface area contributed by atoms with E-state index in [2.05, 4.69) is 27.1 Å². The molecule has 1 aromatic heterocycles. The average Bonchev–Trinajstić information content (AvgIpc) is 2.62. The van der Waals surface area contributed by atoms with E-state index in [1.807, 2.05) is 25.1 Å². The fourth-order valence-electron chi connectivity index (χ4n) is 2.94. The molecule has 1 aromatic carbocycles. The number of piperidine rings is 1. The third kappa shape index (κ3) is 4.07. The second kappa shape index (κ2) is 7.51. The fourth-order valence-corrected chi connectivity index (χ4v) is 2.94. The predicted molar refractivity (Wildman–Crippen MR) is 98.3 cm³/mol. The molecule has 1 amide bonds. The first-order valence-electron chi connectivity index (χ1n) is 8.61. The normalized spacial score (nSPS) is 15.1. The number of carbonyl (C=O) groups is 1. The molecule has 2 heterocycles. The van der Waals surface area contributed by atoms with Crippen LogP contribution in [-0.4, -0.2) is 36.1 Å². The Morgan fingerprint density at radius 3 is 2.76 bits per heavy atom. The van der Waals surface area contributed by atoms with E-state index in [0.717, 1.165) is 37.4 Å². The van der Waals surface area contributed by atoms with Crippen molar-refractivity contribution < 1.29 is 9.53 Å². The molecule has 25 heavy (non-hydrogen) atoms. The number of anilines is 2. The summed E-state index contributed by atoms with van der Waals surface area (Å²) in [5, 5.41) is 2.88. The first kappa shape index (κ1) is 17.2. The van der Waals surface area contributed by atoms with Gasteiger partial charge in [-0.15, -0.1) is 0 Å². The van der Waals surface area contributed by atoms with Crippen LogP contribution in [0.1, 0.15) is 35.8 Å². The molecule has 0 radical (unpaired) electrons. The van der Waals surface area contributed by atoms with Crippen molar-refractivity contribution >= 4 is 17.5 Å². The smallest absolute Gasteiger partial charge is 0.274 e. The van der Waals surface area contributed by atoms with Crippen molar-refractivity contribution in [3.05, 3.63) is 41.7 Å². The van der Waals surface area contributed by atoms with Crippen LogP contribution in [0.25, 0.3) is 0 Å². The Bertz CT molecular complexity index is 755. The van der Waals surface area contributed by atoms with Gasteiger partial charge in [-0.05, 0) is 49.4 Å². The number of aryl methyl sites for hydroxylation is 1. The van der Waals surface area contributed by atoms with Gasteiger partial charge in [0.05, 0.1) is 12.8 Å². The van der Waals surface area contributed by atoms with Crippen LogP contribution in [0.3, 0.4) is 0 Å². The minimum atomic E-state index is -0.266. The Morgan fingerprint density at radius 1 is 1.28 bits per heavy atom. The zero-order valence-electron chi connectivity index (χ0n) is 15.0. The lowest BCUT2D eigenvalue weighted by Gasteiger charge is -2.30. The first-order valence-corrected chi connectivity index (χ1v) is 8.61. The van der Waals surface area contributed by atoms with E-state index in [1.54, 1.807) is 19.4 Å². The van der Waals surface area contributed by atoms with Crippen LogP contribution in [0.2, 0.25) is 0 Å². The van der Waals surface area contributed by atoms with Crippen molar-refractivity contribution in [2.45, 2.75) is 26.7 Å². The monoisotopic (exact) mass is 340 g/mol. The lowest BCUT2D eigenvalue weighted by atomic mass is 10.00. The van der Waals surface area contributed by atoms with Crippen LogP contribution in [0, 0.1) is 12.8 Å². The number of aromatic nitrogens is 2. The number of methoxy groups -OCH3 is 1. The van der Waals surface area contributed by atoms with E-state index in [-0.39, 0.29) is 5.91 Å². The molecule has 132 valence electrons. The van der Waals surface area contributed by atoms with Crippen LogP contribution in [0.5, 0.6) is 5.75 Å². The fraction of sp³-hybridized carbons (Fsp3) is 0.421. The van der Waals surface area contributed by atoms with Crippen molar-refractivity contribution in [1.29, 1.82) is 0 Å². The number of amides is 1. The van der Waals surface area contributed by atoms with Gasteiger partial charge in [0.1, 0.15) is 11.4 Å². The predicted octanol–water partition coefficient (Wildman–Crippen LogP) is 3.28. The van der Waals surface area contributed by atoms with Gasteiger partial charge < -0.3 is 15.0 Å². The van der Waals surface area contributed by atoms with Gasteiger partial charge in [-0.3, -0.25) is 4.79 Å². The molecule has 1 aliphatic heterocycles. The van der Waals surface area contributed by atoms with E-state index in [0.29, 0.717) is 23.1 Å². The molecular weight excluding hydrogens is 316 g/mol. The van der Waals surface area contributed by atoms with Gasteiger partial charge in [-0.2, -0.15) is 0 Å². The lowest BCUT2D eigenvalue weighted by molar-refractivity contribution is 0.102. The zero-order valence-corrected chi connectivity index (χ0v) is 15.0. The number of nitrogens with zero attached hydrogens (tertiary/aromatic N) is 3. The molecular formula is C19H24N4O2. The van der Waals surface area contributed by atoms with E-state index in [4.69, 9.17) is 4.74 Å². The second-order valence-electron chi connectivity index (χ2n) is 6.57. The maximum Gasteiger partial charge on any atom is 0.274 e. The van der Waals surface area contributed by atoms with E-state index >= 15 is 0 Å². The quantitative estimate of drug-likeness (QED) is 0.925. The van der Waals surface area contributed by atoms with Gasteiger partial charge >= 0.3 is 0 Å². The molecule has 0 unspecified atom stereocenters. The van der Waals surface area contributed by atoms with Gasteiger partial charge in [0, 0.05) is 19.3 Å². The van der Waals surface area contributed by atoms with Gasteiger partial charge in [0.2, 0.25) is 5.95 Å². The van der Waals surface area contributed by atoms with Crippen LogP contribution in [0.15, 0.2) is 30.5 Å². The second-order valence-corrected chi connectivity index (χ2v) is 6.57. The number of rotatable bonds is 4. The third-order valence-corrected chi connectivity index (χ3v) is 4.55. The van der Waals surface area contributed by atoms with Crippen LogP contribution in [0.4, 0.5) is 11.6 Å². The molecule has 1 saturated heterocycles. The number of ether oxygens (including phenoxy) is 1. The Kier molecular flexibility index (Phi) is 5.16. The summed E-state index contributed by atoms with van der Waals surface area (Å²) in [5.74, 6) is 1.71. The highest BCUT2D eigenvalue weighted by Gasteiger charge is 2.19. The number of carbonyl (C=O) groups excluding carboxylic acids is 1. The molecule has 6 heteroatoms. The van der Waals surface area contributed by atoms with E-state index in [9.17, 15) is 4.79 Å². The van der Waals surface area contributed by atoms with Gasteiger partial charge in [0.15, 0.2) is 0 Å². The number of hydrogen-bond acceptors (Lipinski definition) is 5. The zero-order chi connectivity index (χ0) is 17.8. The van der Waals surface area contributed by atoms with Gasteiger partial charge in [-0.1, -0.05) is 13.0 Å². The summed E-state index contributed by atoms with van der Waals surface area (Å²) >= 11 is 0. The number of benzene rings is 1. The van der Waals surface area contributed by atoms with Crippen LogP contribution < -0.4 is 15.0 Å². The molecule has 1 aliphatic rings. The summed E-state index contributed by atoms with van der Waals surface area (Å²) in [6, 6.07) is 7.29. The topological polar surface area (TPSA) is 67.3 Å². The minimum absolute atomic E-state index is 0.266. The molecule has 6 nitrogen and oxygen atoms in total. The number of nitrogens with one attached hydrogen (secondary N) is 1. The Hall–Kier alpha value is -2.63. The van der Waals surface area contributed by atoms with Crippen LogP contribution >= 0.6 is 0 Å². The third-order valence-electron chi connectivity index (χ3n) is 4.55. The molecule has 0 saturated carbocycles. The standard InChI is InChI=1S/C19H24N4O2/c1-13-7-10-23(11-8-13)19-20-9-6-15(22-19)18(24)21-16-12-14(2)4-5-17(16)25-3/h4-6,9,12-13H,7-8,10-11H2,1-3H3,(H,21,24).